The third-order valence-electron chi connectivity index (χ3n) is 4.90. The molecule has 0 aliphatic carbocycles. The Morgan fingerprint density at radius 2 is 1.96 bits per heavy atom. The summed E-state index contributed by atoms with van der Waals surface area (Å²) in [7, 11) is 2.03. The lowest BCUT2D eigenvalue weighted by Gasteiger charge is -2.18. The van der Waals surface area contributed by atoms with Crippen LogP contribution in [-0.4, -0.2) is 51.2 Å². The van der Waals surface area contributed by atoms with Crippen molar-refractivity contribution in [2.75, 3.05) is 25.5 Å². The van der Waals surface area contributed by atoms with Gasteiger partial charge in [-0.3, -0.25) is 4.79 Å². The van der Waals surface area contributed by atoms with Gasteiger partial charge in [-0.05, 0) is 41.2 Å². The molecule has 0 unspecified atom stereocenters. The molecule has 3 aromatic rings. The Morgan fingerprint density at radius 3 is 2.70 bits per heavy atom. The van der Waals surface area contributed by atoms with Crippen molar-refractivity contribution < 1.29 is 4.79 Å². The number of aromatic nitrogens is 4. The number of likely N-dealkylation sites (N-methyl/N-ethyl adjacent to an activating group) is 1. The minimum Gasteiger partial charge on any atom is -0.326 e. The molecule has 138 valence electrons. The van der Waals surface area contributed by atoms with Crippen LogP contribution in [0.15, 0.2) is 59.4 Å². The van der Waals surface area contributed by atoms with Crippen LogP contribution in [0.1, 0.15) is 11.5 Å². The Balaban J connectivity index is 1.55. The van der Waals surface area contributed by atoms with Gasteiger partial charge in [0.25, 0.3) is 0 Å². The Bertz CT molecular complexity index is 996. The van der Waals surface area contributed by atoms with E-state index >= 15 is 0 Å². The first-order valence-corrected chi connectivity index (χ1v) is 8.77. The highest BCUT2D eigenvalue weighted by Gasteiger charge is 2.36. The second-order valence-electron chi connectivity index (χ2n) is 6.80. The molecule has 27 heavy (non-hydrogen) atoms. The molecule has 1 aliphatic heterocycles. The van der Waals surface area contributed by atoms with Crippen LogP contribution in [-0.2, 0) is 4.79 Å². The number of carbonyl (C=O) groups excluding carboxylic acids is 1. The Morgan fingerprint density at radius 1 is 1.15 bits per heavy atom. The number of nitrogens with zero attached hydrogens (tertiary/aromatic N) is 4. The first-order chi connectivity index (χ1) is 13.1. The maximum Gasteiger partial charge on any atom is 0.365 e. The van der Waals surface area contributed by atoms with Crippen molar-refractivity contribution in [3.63, 3.8) is 0 Å². The smallest absolute Gasteiger partial charge is 0.326 e. The average molecular weight is 364 g/mol. The average Bonchev–Trinajstić information content (AvgIpc) is 3.28. The number of benzene rings is 2. The quantitative estimate of drug-likeness (QED) is 0.726. The van der Waals surface area contributed by atoms with Gasteiger partial charge in [-0.1, -0.05) is 36.4 Å². The predicted octanol–water partition coefficient (Wildman–Crippen LogP) is 1.24. The first kappa shape index (κ1) is 17.2. The van der Waals surface area contributed by atoms with E-state index in [0.29, 0.717) is 17.9 Å². The van der Waals surface area contributed by atoms with Crippen molar-refractivity contribution in [2.45, 2.75) is 5.92 Å². The van der Waals surface area contributed by atoms with Crippen molar-refractivity contribution in [3.05, 3.63) is 70.6 Å². The molecule has 0 spiro atoms. The molecule has 0 radical (unpaired) electrons. The SMILES string of the molecule is CN1C[C@H](C(=O)Nc2cccc(-n3nn[nH]c3=O)c2)[C@@H](c2ccccc2)C1. The van der Waals surface area contributed by atoms with Crippen LogP contribution in [0, 0.1) is 5.92 Å². The van der Waals surface area contributed by atoms with Crippen LogP contribution in [0.4, 0.5) is 5.69 Å². The summed E-state index contributed by atoms with van der Waals surface area (Å²) in [5, 5.41) is 12.5. The highest BCUT2D eigenvalue weighted by Crippen LogP contribution is 2.32. The maximum atomic E-state index is 13.0. The standard InChI is InChI=1S/C19H20N6O2/c1-24-11-16(13-6-3-2-4-7-13)17(12-24)18(26)20-14-8-5-9-15(10-14)25-19(27)21-22-23-25/h2-10,16-17H,11-12H2,1H3,(H,20,26)(H,21,23,27)/t16-,17+/m1/s1. The topological polar surface area (TPSA) is 95.9 Å². The molecule has 2 heterocycles. The van der Waals surface area contributed by atoms with E-state index in [1.807, 2.05) is 25.2 Å². The number of amides is 1. The number of hydrogen-bond acceptors (Lipinski definition) is 5. The molecule has 1 aromatic heterocycles. The van der Waals surface area contributed by atoms with E-state index in [2.05, 4.69) is 37.9 Å². The molecule has 0 bridgehead atoms. The molecular weight excluding hydrogens is 344 g/mol. The molecule has 2 aromatic carbocycles. The van der Waals surface area contributed by atoms with Gasteiger partial charge in [-0.25, -0.2) is 9.89 Å². The summed E-state index contributed by atoms with van der Waals surface area (Å²) in [6, 6.07) is 17.1. The van der Waals surface area contributed by atoms with Crippen LogP contribution in [0.25, 0.3) is 5.69 Å². The summed E-state index contributed by atoms with van der Waals surface area (Å²) >= 11 is 0. The number of H-pyrrole nitrogens is 1. The summed E-state index contributed by atoms with van der Waals surface area (Å²) in [4.78, 5) is 26.8. The summed E-state index contributed by atoms with van der Waals surface area (Å²) in [5.74, 6) is -0.0220. The predicted molar refractivity (Wildman–Crippen MR) is 101 cm³/mol. The van der Waals surface area contributed by atoms with Crippen LogP contribution in [0.3, 0.4) is 0 Å². The fourth-order valence-electron chi connectivity index (χ4n) is 3.62. The fraction of sp³-hybridized carbons (Fsp3) is 0.263. The van der Waals surface area contributed by atoms with E-state index in [4.69, 9.17) is 0 Å². The summed E-state index contributed by atoms with van der Waals surface area (Å²) in [5.41, 5.74) is 1.90. The second kappa shape index (κ2) is 7.16. The van der Waals surface area contributed by atoms with Gasteiger partial charge >= 0.3 is 5.69 Å². The van der Waals surface area contributed by atoms with E-state index < -0.39 is 5.69 Å². The largest absolute Gasteiger partial charge is 0.365 e. The van der Waals surface area contributed by atoms with Crippen LogP contribution in [0.2, 0.25) is 0 Å². The van der Waals surface area contributed by atoms with Gasteiger partial charge in [0.1, 0.15) is 0 Å². The van der Waals surface area contributed by atoms with Crippen LogP contribution in [0.5, 0.6) is 0 Å². The van der Waals surface area contributed by atoms with Crippen molar-refractivity contribution in [3.8, 4) is 5.69 Å². The zero-order valence-corrected chi connectivity index (χ0v) is 14.9. The van der Waals surface area contributed by atoms with E-state index in [-0.39, 0.29) is 17.7 Å². The minimum atomic E-state index is -0.431. The van der Waals surface area contributed by atoms with Gasteiger partial charge in [-0.15, -0.1) is 0 Å². The number of anilines is 1. The number of likely N-dealkylation sites (tertiary alicyclic amines) is 1. The summed E-state index contributed by atoms with van der Waals surface area (Å²) in [6.45, 7) is 1.55. The Labute approximate surface area is 155 Å². The summed E-state index contributed by atoms with van der Waals surface area (Å²) in [6.07, 6.45) is 0. The Kier molecular flexibility index (Phi) is 4.55. The van der Waals surface area contributed by atoms with Crippen molar-refractivity contribution in [1.29, 1.82) is 0 Å². The molecule has 4 rings (SSSR count). The van der Waals surface area contributed by atoms with Crippen LogP contribution < -0.4 is 11.0 Å². The number of tetrazole rings is 1. The minimum absolute atomic E-state index is 0.0298. The number of nitrogens with one attached hydrogen (secondary N) is 2. The number of aromatic amines is 1. The van der Waals surface area contributed by atoms with Crippen molar-refractivity contribution >= 4 is 11.6 Å². The van der Waals surface area contributed by atoms with Gasteiger partial charge in [0.05, 0.1) is 11.6 Å². The summed E-state index contributed by atoms with van der Waals surface area (Å²) < 4.78 is 1.14. The molecule has 8 heteroatoms. The van der Waals surface area contributed by atoms with E-state index in [9.17, 15) is 9.59 Å². The highest BCUT2D eigenvalue weighted by molar-refractivity contribution is 5.93. The lowest BCUT2D eigenvalue weighted by molar-refractivity contribution is -0.119. The number of hydrogen-bond donors (Lipinski definition) is 2. The molecule has 1 amide bonds. The van der Waals surface area contributed by atoms with Gasteiger partial charge in [-0.2, -0.15) is 4.68 Å². The van der Waals surface area contributed by atoms with Crippen molar-refractivity contribution in [2.24, 2.45) is 5.92 Å². The molecule has 1 fully saturated rings. The van der Waals surface area contributed by atoms with E-state index in [1.165, 1.54) is 5.56 Å². The molecule has 8 nitrogen and oxygen atoms in total. The maximum absolute atomic E-state index is 13.0. The van der Waals surface area contributed by atoms with Gasteiger partial charge < -0.3 is 10.2 Å². The van der Waals surface area contributed by atoms with Gasteiger partial charge in [0.15, 0.2) is 0 Å². The second-order valence-corrected chi connectivity index (χ2v) is 6.80. The van der Waals surface area contributed by atoms with Gasteiger partial charge in [0.2, 0.25) is 5.91 Å². The zero-order valence-electron chi connectivity index (χ0n) is 14.9. The number of rotatable bonds is 4. The van der Waals surface area contributed by atoms with E-state index in [0.717, 1.165) is 11.2 Å². The molecule has 1 aliphatic rings. The zero-order chi connectivity index (χ0) is 18.8. The fourth-order valence-corrected chi connectivity index (χ4v) is 3.62. The third kappa shape index (κ3) is 3.52. The Hall–Kier alpha value is -3.26. The monoisotopic (exact) mass is 364 g/mol. The molecule has 2 atom stereocenters. The lowest BCUT2D eigenvalue weighted by Crippen LogP contribution is -2.28. The van der Waals surface area contributed by atoms with E-state index in [1.54, 1.807) is 24.3 Å². The van der Waals surface area contributed by atoms with Gasteiger partial charge in [0, 0.05) is 24.7 Å². The molecule has 1 saturated heterocycles. The highest BCUT2D eigenvalue weighted by atomic mass is 16.2. The normalized spacial score (nSPS) is 19.9. The molecular formula is C19H20N6O2. The lowest BCUT2D eigenvalue weighted by atomic mass is 9.88. The van der Waals surface area contributed by atoms with Crippen LogP contribution >= 0.6 is 0 Å². The van der Waals surface area contributed by atoms with Crippen molar-refractivity contribution in [1.82, 2.24) is 25.1 Å². The first-order valence-electron chi connectivity index (χ1n) is 8.77. The molecule has 0 saturated carbocycles. The number of carbonyl (C=O) groups is 1. The third-order valence-corrected chi connectivity index (χ3v) is 4.90. The molecule has 2 N–H and O–H groups in total.